The molecular formula is C25H21ClN4O3S. The molecule has 0 fully saturated rings. The fourth-order valence-corrected chi connectivity index (χ4v) is 4.71. The average molecular weight is 493 g/mol. The van der Waals surface area contributed by atoms with E-state index in [4.69, 9.17) is 30.8 Å². The highest BCUT2D eigenvalue weighted by atomic mass is 35.5. The smallest absolute Gasteiger partial charge is 0.247 e. The van der Waals surface area contributed by atoms with Crippen LogP contribution in [0.1, 0.15) is 17.4 Å². The maximum Gasteiger partial charge on any atom is 0.247 e. The van der Waals surface area contributed by atoms with E-state index in [1.165, 1.54) is 11.8 Å². The molecule has 0 saturated carbocycles. The van der Waals surface area contributed by atoms with E-state index in [1.807, 2.05) is 66.7 Å². The van der Waals surface area contributed by atoms with Gasteiger partial charge in [0.15, 0.2) is 5.69 Å². The first kappa shape index (κ1) is 22.3. The summed E-state index contributed by atoms with van der Waals surface area (Å²) >= 11 is 7.74. The molecule has 1 aliphatic rings. The molecule has 3 aromatic carbocycles. The van der Waals surface area contributed by atoms with Gasteiger partial charge in [-0.1, -0.05) is 59.8 Å². The zero-order valence-corrected chi connectivity index (χ0v) is 20.1. The minimum absolute atomic E-state index is 0.386. The minimum atomic E-state index is -0.568. The van der Waals surface area contributed by atoms with Gasteiger partial charge in [-0.15, -0.1) is 10.2 Å². The molecule has 0 spiro atoms. The molecule has 1 N–H and O–H groups in total. The first-order valence-electron chi connectivity index (χ1n) is 10.5. The van der Waals surface area contributed by atoms with Crippen LogP contribution >= 0.6 is 23.4 Å². The van der Waals surface area contributed by atoms with E-state index in [2.05, 4.69) is 15.5 Å². The van der Waals surface area contributed by atoms with E-state index in [0.717, 1.165) is 22.4 Å². The lowest BCUT2D eigenvalue weighted by Gasteiger charge is -2.21. The van der Waals surface area contributed by atoms with Gasteiger partial charge >= 0.3 is 0 Å². The molecule has 34 heavy (non-hydrogen) atoms. The second kappa shape index (κ2) is 9.79. The molecule has 0 aliphatic carbocycles. The topological polar surface area (TPSA) is 78.4 Å². The predicted molar refractivity (Wildman–Crippen MR) is 133 cm³/mol. The number of nitrogens with zero attached hydrogens (tertiary/aromatic N) is 3. The molecule has 4 aromatic rings. The van der Waals surface area contributed by atoms with Gasteiger partial charge in [-0.3, -0.25) is 0 Å². The Kier molecular flexibility index (Phi) is 6.42. The third-order valence-electron chi connectivity index (χ3n) is 5.37. The Bertz CT molecular complexity index is 1340. The summed E-state index contributed by atoms with van der Waals surface area (Å²) in [6.07, 6.45) is -0.568. The SMILES string of the molecule is COc1ccc([C@H]2Nc3ccccc3-c3nnc(SCc4ccccc4Cl)nc3O2)c(OC)c1. The molecule has 1 aromatic heterocycles. The Labute approximate surface area is 206 Å². The fourth-order valence-electron chi connectivity index (χ4n) is 3.64. The van der Waals surface area contributed by atoms with Crippen LogP contribution in [0.15, 0.2) is 71.9 Å². The number of halogens is 1. The Morgan fingerprint density at radius 2 is 1.82 bits per heavy atom. The Morgan fingerprint density at radius 3 is 2.65 bits per heavy atom. The molecule has 7 nitrogen and oxygen atoms in total. The van der Waals surface area contributed by atoms with Crippen LogP contribution in [-0.2, 0) is 5.75 Å². The van der Waals surface area contributed by atoms with Crippen molar-refractivity contribution in [3.8, 4) is 28.6 Å². The van der Waals surface area contributed by atoms with Gasteiger partial charge in [0.2, 0.25) is 17.3 Å². The van der Waals surface area contributed by atoms with Crippen molar-refractivity contribution < 1.29 is 14.2 Å². The number of aromatic nitrogens is 3. The lowest BCUT2D eigenvalue weighted by molar-refractivity contribution is 0.219. The number of rotatable bonds is 6. The quantitative estimate of drug-likeness (QED) is 0.328. The van der Waals surface area contributed by atoms with Gasteiger partial charge in [0.1, 0.15) is 11.5 Å². The van der Waals surface area contributed by atoms with Crippen LogP contribution in [0.3, 0.4) is 0 Å². The van der Waals surface area contributed by atoms with Gasteiger partial charge in [0, 0.05) is 28.1 Å². The van der Waals surface area contributed by atoms with E-state index >= 15 is 0 Å². The van der Waals surface area contributed by atoms with E-state index < -0.39 is 6.23 Å². The predicted octanol–water partition coefficient (Wildman–Crippen LogP) is 6.00. The molecule has 1 aliphatic heterocycles. The van der Waals surface area contributed by atoms with Crippen molar-refractivity contribution in [1.29, 1.82) is 0 Å². The zero-order valence-electron chi connectivity index (χ0n) is 18.5. The van der Waals surface area contributed by atoms with Crippen LogP contribution in [0.5, 0.6) is 17.4 Å². The number of benzene rings is 3. The summed E-state index contributed by atoms with van der Waals surface area (Å²) < 4.78 is 17.3. The number of hydrogen-bond acceptors (Lipinski definition) is 8. The van der Waals surface area contributed by atoms with Gasteiger partial charge < -0.3 is 19.5 Å². The van der Waals surface area contributed by atoms with Crippen molar-refractivity contribution in [3.05, 3.63) is 82.9 Å². The summed E-state index contributed by atoms with van der Waals surface area (Å²) in [5.41, 5.74) is 4.09. The second-order valence-corrected chi connectivity index (χ2v) is 8.77. The highest BCUT2D eigenvalue weighted by Gasteiger charge is 2.28. The highest BCUT2D eigenvalue weighted by Crippen LogP contribution is 2.41. The van der Waals surface area contributed by atoms with Crippen LogP contribution < -0.4 is 19.5 Å². The highest BCUT2D eigenvalue weighted by molar-refractivity contribution is 7.98. The number of nitrogens with one attached hydrogen (secondary N) is 1. The van der Waals surface area contributed by atoms with E-state index in [0.29, 0.717) is 39.0 Å². The van der Waals surface area contributed by atoms with Gasteiger partial charge in [0.25, 0.3) is 0 Å². The van der Waals surface area contributed by atoms with Crippen molar-refractivity contribution >= 4 is 29.1 Å². The van der Waals surface area contributed by atoms with Crippen LogP contribution in [-0.4, -0.2) is 29.4 Å². The first-order valence-corrected chi connectivity index (χ1v) is 11.9. The summed E-state index contributed by atoms with van der Waals surface area (Å²) in [5, 5.41) is 13.5. The molecule has 0 unspecified atom stereocenters. The van der Waals surface area contributed by atoms with Crippen LogP contribution in [0.25, 0.3) is 11.3 Å². The molecule has 172 valence electrons. The van der Waals surface area contributed by atoms with Gasteiger partial charge in [-0.25, -0.2) is 0 Å². The maximum atomic E-state index is 6.37. The second-order valence-electron chi connectivity index (χ2n) is 7.42. The third kappa shape index (κ3) is 4.47. The standard InChI is InChI=1S/C25H21ClN4O3S/c1-31-16-11-12-18(21(13-16)32-2)23-27-20-10-6-4-8-17(20)22-24(33-23)28-25(30-29-22)34-14-15-7-3-5-9-19(15)26/h3-13,23,27H,14H2,1-2H3/t23-/m0/s1. The van der Waals surface area contributed by atoms with E-state index in [9.17, 15) is 0 Å². The monoisotopic (exact) mass is 492 g/mol. The van der Waals surface area contributed by atoms with Crippen molar-refractivity contribution in [1.82, 2.24) is 15.2 Å². The van der Waals surface area contributed by atoms with E-state index in [1.54, 1.807) is 14.2 Å². The van der Waals surface area contributed by atoms with Crippen molar-refractivity contribution in [2.45, 2.75) is 17.1 Å². The lowest BCUT2D eigenvalue weighted by atomic mass is 10.1. The third-order valence-corrected chi connectivity index (χ3v) is 6.63. The summed E-state index contributed by atoms with van der Waals surface area (Å²) in [6.45, 7) is 0. The zero-order chi connectivity index (χ0) is 23.5. The van der Waals surface area contributed by atoms with Crippen LogP contribution in [0.2, 0.25) is 5.02 Å². The lowest BCUT2D eigenvalue weighted by Crippen LogP contribution is -2.18. The number of methoxy groups -OCH3 is 2. The Morgan fingerprint density at radius 1 is 1.00 bits per heavy atom. The van der Waals surface area contributed by atoms with Gasteiger partial charge in [-0.2, -0.15) is 4.98 Å². The van der Waals surface area contributed by atoms with Gasteiger partial charge in [-0.05, 0) is 29.8 Å². The number of anilines is 1. The molecule has 0 bridgehead atoms. The molecule has 2 heterocycles. The number of hydrogen-bond donors (Lipinski definition) is 1. The minimum Gasteiger partial charge on any atom is -0.497 e. The van der Waals surface area contributed by atoms with Crippen LogP contribution in [0, 0.1) is 0 Å². The molecule has 9 heteroatoms. The number of thioether (sulfide) groups is 1. The number of fused-ring (bicyclic) bond motifs is 3. The Hall–Kier alpha value is -3.49. The maximum absolute atomic E-state index is 6.37. The van der Waals surface area contributed by atoms with Crippen molar-refractivity contribution in [3.63, 3.8) is 0 Å². The summed E-state index contributed by atoms with van der Waals surface area (Å²) in [4.78, 5) is 4.70. The molecule has 0 radical (unpaired) electrons. The summed E-state index contributed by atoms with van der Waals surface area (Å²) in [7, 11) is 3.23. The first-order chi connectivity index (χ1) is 16.7. The molecule has 0 amide bonds. The molecule has 5 rings (SSSR count). The summed E-state index contributed by atoms with van der Waals surface area (Å²) in [5.74, 6) is 2.33. The fraction of sp³-hybridized carbons (Fsp3) is 0.160. The van der Waals surface area contributed by atoms with Crippen molar-refractivity contribution in [2.24, 2.45) is 0 Å². The van der Waals surface area contributed by atoms with E-state index in [-0.39, 0.29) is 0 Å². The largest absolute Gasteiger partial charge is 0.497 e. The molecule has 0 saturated heterocycles. The normalized spacial score (nSPS) is 14.1. The van der Waals surface area contributed by atoms with Gasteiger partial charge in [0.05, 0.1) is 19.8 Å². The summed E-state index contributed by atoms with van der Waals surface area (Å²) in [6, 6.07) is 21.1. The number of ether oxygens (including phenoxy) is 3. The molecular weight excluding hydrogens is 472 g/mol. The number of para-hydroxylation sites is 1. The average Bonchev–Trinajstić information content (AvgIpc) is 3.04. The molecule has 1 atom stereocenters. The Balaban J connectivity index is 1.51. The van der Waals surface area contributed by atoms with Crippen molar-refractivity contribution in [2.75, 3.05) is 19.5 Å². The van der Waals surface area contributed by atoms with Crippen LogP contribution in [0.4, 0.5) is 5.69 Å².